The van der Waals surface area contributed by atoms with Crippen LogP contribution in [0.15, 0.2) is 53.5 Å². The van der Waals surface area contributed by atoms with E-state index in [4.69, 9.17) is 17.3 Å². The van der Waals surface area contributed by atoms with E-state index in [0.717, 1.165) is 10.7 Å². The summed E-state index contributed by atoms with van der Waals surface area (Å²) < 4.78 is 0. The molecule has 3 N–H and O–H groups in total. The minimum Gasteiger partial charge on any atom is -0.370 e. The predicted molar refractivity (Wildman–Crippen MR) is 79.8 cm³/mol. The minimum atomic E-state index is 0.196. The van der Waals surface area contributed by atoms with Gasteiger partial charge in [-0.3, -0.25) is 4.99 Å². The summed E-state index contributed by atoms with van der Waals surface area (Å²) >= 11 is 5.95. The van der Waals surface area contributed by atoms with E-state index in [-0.39, 0.29) is 5.92 Å². The van der Waals surface area contributed by atoms with E-state index >= 15 is 0 Å². The fourth-order valence-electron chi connectivity index (χ4n) is 2.36. The SMILES string of the molecule is NC1=NCC(c2ccc(Cl)cc2)c2ccccc2N1. The molecule has 1 unspecified atom stereocenters. The zero-order chi connectivity index (χ0) is 13.2. The minimum absolute atomic E-state index is 0.196. The van der Waals surface area contributed by atoms with Gasteiger partial charge in [-0.15, -0.1) is 0 Å². The van der Waals surface area contributed by atoms with Crippen LogP contribution in [-0.2, 0) is 0 Å². The highest BCUT2D eigenvalue weighted by Crippen LogP contribution is 2.32. The molecule has 3 nitrogen and oxygen atoms in total. The lowest BCUT2D eigenvalue weighted by molar-refractivity contribution is 0.828. The Labute approximate surface area is 117 Å². The number of benzene rings is 2. The second-order valence-electron chi connectivity index (χ2n) is 4.54. The lowest BCUT2D eigenvalue weighted by atomic mass is 9.90. The van der Waals surface area contributed by atoms with Gasteiger partial charge in [-0.1, -0.05) is 41.9 Å². The van der Waals surface area contributed by atoms with Crippen molar-refractivity contribution in [1.29, 1.82) is 0 Å². The number of nitrogens with two attached hydrogens (primary N) is 1. The molecule has 2 aromatic rings. The number of fused-ring (bicyclic) bond motifs is 1. The van der Waals surface area contributed by atoms with Crippen molar-refractivity contribution in [2.24, 2.45) is 10.7 Å². The Morgan fingerprint density at radius 2 is 1.84 bits per heavy atom. The molecule has 96 valence electrons. The second-order valence-corrected chi connectivity index (χ2v) is 4.98. The first kappa shape index (κ1) is 12.1. The largest absolute Gasteiger partial charge is 0.370 e. The van der Waals surface area contributed by atoms with Gasteiger partial charge in [0.2, 0.25) is 0 Å². The van der Waals surface area contributed by atoms with Crippen molar-refractivity contribution in [3.05, 3.63) is 64.7 Å². The maximum absolute atomic E-state index is 5.95. The summed E-state index contributed by atoms with van der Waals surface area (Å²) in [4.78, 5) is 4.37. The lowest BCUT2D eigenvalue weighted by Gasteiger charge is -2.17. The maximum atomic E-state index is 5.95. The number of hydrogen-bond donors (Lipinski definition) is 2. The summed E-state index contributed by atoms with van der Waals surface area (Å²) in [5.41, 5.74) is 9.24. The highest BCUT2D eigenvalue weighted by atomic mass is 35.5. The molecule has 3 rings (SSSR count). The molecule has 2 aromatic carbocycles. The van der Waals surface area contributed by atoms with Crippen molar-refractivity contribution in [2.75, 3.05) is 11.9 Å². The molecule has 1 heterocycles. The van der Waals surface area contributed by atoms with Gasteiger partial charge in [-0.25, -0.2) is 0 Å². The molecule has 0 saturated carbocycles. The number of rotatable bonds is 1. The number of anilines is 1. The fourth-order valence-corrected chi connectivity index (χ4v) is 2.49. The molecule has 0 bridgehead atoms. The fraction of sp³-hybridized carbons (Fsp3) is 0.133. The van der Waals surface area contributed by atoms with Gasteiger partial charge in [0.15, 0.2) is 5.96 Å². The van der Waals surface area contributed by atoms with Gasteiger partial charge in [0.05, 0.1) is 6.54 Å². The molecular weight excluding hydrogens is 258 g/mol. The van der Waals surface area contributed by atoms with Gasteiger partial charge in [-0.2, -0.15) is 0 Å². The Bertz CT molecular complexity index is 620. The molecule has 1 atom stereocenters. The monoisotopic (exact) mass is 271 g/mol. The molecule has 0 radical (unpaired) electrons. The first-order valence-corrected chi connectivity index (χ1v) is 6.53. The molecule has 1 aliphatic heterocycles. The Morgan fingerprint density at radius 1 is 1.11 bits per heavy atom. The molecule has 0 aliphatic carbocycles. The van der Waals surface area contributed by atoms with E-state index in [1.807, 2.05) is 42.5 Å². The van der Waals surface area contributed by atoms with Crippen molar-refractivity contribution < 1.29 is 0 Å². The number of para-hydroxylation sites is 1. The van der Waals surface area contributed by atoms with Crippen LogP contribution in [0.5, 0.6) is 0 Å². The smallest absolute Gasteiger partial charge is 0.193 e. The highest BCUT2D eigenvalue weighted by molar-refractivity contribution is 6.30. The second kappa shape index (κ2) is 4.94. The molecule has 1 aliphatic rings. The number of nitrogens with one attached hydrogen (secondary N) is 1. The van der Waals surface area contributed by atoms with Crippen molar-refractivity contribution >= 4 is 23.2 Å². The van der Waals surface area contributed by atoms with Gasteiger partial charge >= 0.3 is 0 Å². The Hall–Kier alpha value is -2.00. The van der Waals surface area contributed by atoms with Gasteiger partial charge in [0, 0.05) is 16.6 Å². The van der Waals surface area contributed by atoms with Crippen LogP contribution in [0.4, 0.5) is 5.69 Å². The van der Waals surface area contributed by atoms with Crippen molar-refractivity contribution in [3.63, 3.8) is 0 Å². The molecule has 0 saturated heterocycles. The van der Waals surface area contributed by atoms with Gasteiger partial charge in [-0.05, 0) is 29.3 Å². The molecular formula is C15H14ClN3. The zero-order valence-electron chi connectivity index (χ0n) is 10.3. The van der Waals surface area contributed by atoms with E-state index in [9.17, 15) is 0 Å². The highest BCUT2D eigenvalue weighted by Gasteiger charge is 2.20. The summed E-state index contributed by atoms with van der Waals surface area (Å²) in [6.07, 6.45) is 0. The lowest BCUT2D eigenvalue weighted by Crippen LogP contribution is -2.21. The summed E-state index contributed by atoms with van der Waals surface area (Å²) in [6.45, 7) is 0.636. The van der Waals surface area contributed by atoms with Crippen molar-refractivity contribution in [3.8, 4) is 0 Å². The first-order valence-electron chi connectivity index (χ1n) is 6.15. The number of aliphatic imine (C=N–C) groups is 1. The van der Waals surface area contributed by atoms with Crippen LogP contribution in [0, 0.1) is 0 Å². The standard InChI is InChI=1S/C15H14ClN3/c16-11-7-5-10(6-8-11)13-9-18-15(17)19-14-4-2-1-3-12(13)14/h1-8,13H,9H2,(H3,17,18,19). The number of nitrogens with zero attached hydrogens (tertiary/aromatic N) is 1. The molecule has 0 aromatic heterocycles. The predicted octanol–water partition coefficient (Wildman–Crippen LogP) is 3.21. The van der Waals surface area contributed by atoms with Gasteiger partial charge < -0.3 is 11.1 Å². The average molecular weight is 272 g/mol. The topological polar surface area (TPSA) is 50.4 Å². The Morgan fingerprint density at radius 3 is 2.63 bits per heavy atom. The van der Waals surface area contributed by atoms with E-state index in [2.05, 4.69) is 16.4 Å². The Balaban J connectivity index is 2.08. The van der Waals surface area contributed by atoms with Crippen LogP contribution in [0.2, 0.25) is 5.02 Å². The van der Waals surface area contributed by atoms with E-state index < -0.39 is 0 Å². The number of guanidine groups is 1. The van der Waals surface area contributed by atoms with Gasteiger partial charge in [0.1, 0.15) is 0 Å². The van der Waals surface area contributed by atoms with E-state index in [0.29, 0.717) is 12.5 Å². The zero-order valence-corrected chi connectivity index (χ0v) is 11.1. The average Bonchev–Trinajstić information content (AvgIpc) is 2.58. The quantitative estimate of drug-likeness (QED) is 0.837. The molecule has 0 amide bonds. The van der Waals surface area contributed by atoms with Crippen molar-refractivity contribution in [1.82, 2.24) is 0 Å². The third-order valence-corrected chi connectivity index (χ3v) is 3.57. The van der Waals surface area contributed by atoms with Crippen LogP contribution in [0.25, 0.3) is 0 Å². The van der Waals surface area contributed by atoms with E-state index in [1.54, 1.807) is 0 Å². The number of hydrogen-bond acceptors (Lipinski definition) is 3. The maximum Gasteiger partial charge on any atom is 0.193 e. The molecule has 0 fully saturated rings. The van der Waals surface area contributed by atoms with Crippen LogP contribution in [-0.4, -0.2) is 12.5 Å². The molecule has 0 spiro atoms. The van der Waals surface area contributed by atoms with E-state index in [1.165, 1.54) is 11.1 Å². The third kappa shape index (κ3) is 2.42. The normalized spacial score (nSPS) is 17.9. The van der Waals surface area contributed by atoms with Gasteiger partial charge in [0.25, 0.3) is 0 Å². The van der Waals surface area contributed by atoms with Crippen LogP contribution in [0.3, 0.4) is 0 Å². The first-order chi connectivity index (χ1) is 9.24. The van der Waals surface area contributed by atoms with Crippen LogP contribution < -0.4 is 11.1 Å². The summed E-state index contributed by atoms with van der Waals surface area (Å²) in [5, 5.41) is 3.88. The van der Waals surface area contributed by atoms with Crippen LogP contribution in [0.1, 0.15) is 17.0 Å². The number of halogens is 1. The summed E-state index contributed by atoms with van der Waals surface area (Å²) in [5.74, 6) is 0.658. The third-order valence-electron chi connectivity index (χ3n) is 3.32. The molecule has 19 heavy (non-hydrogen) atoms. The molecule has 4 heteroatoms. The van der Waals surface area contributed by atoms with Crippen molar-refractivity contribution in [2.45, 2.75) is 5.92 Å². The summed E-state index contributed by atoms with van der Waals surface area (Å²) in [7, 11) is 0. The van der Waals surface area contributed by atoms with Crippen LogP contribution >= 0.6 is 11.6 Å². The summed E-state index contributed by atoms with van der Waals surface area (Å²) in [6, 6.07) is 16.0. The Kier molecular flexibility index (Phi) is 3.13.